The highest BCUT2D eigenvalue weighted by atomic mass is 32.2. The zero-order valence-electron chi connectivity index (χ0n) is 14.8. The van der Waals surface area contributed by atoms with E-state index in [1.165, 1.54) is 4.31 Å². The molecule has 0 bridgehead atoms. The molecule has 1 aromatic rings. The molecule has 136 valence electrons. The van der Waals surface area contributed by atoms with Crippen LogP contribution in [-0.4, -0.2) is 39.0 Å². The molecule has 0 aliphatic carbocycles. The van der Waals surface area contributed by atoms with Crippen molar-refractivity contribution in [3.63, 3.8) is 0 Å². The monoisotopic (exact) mass is 364 g/mol. The van der Waals surface area contributed by atoms with Crippen molar-refractivity contribution in [1.82, 2.24) is 5.32 Å². The summed E-state index contributed by atoms with van der Waals surface area (Å²) >= 11 is 0. The smallest absolute Gasteiger partial charge is 0.407 e. The first-order valence-corrected chi connectivity index (χ1v) is 9.84. The van der Waals surface area contributed by atoms with Crippen molar-refractivity contribution in [3.8, 4) is 11.8 Å². The predicted octanol–water partition coefficient (Wildman–Crippen LogP) is 2.49. The number of benzene rings is 1. The van der Waals surface area contributed by atoms with Gasteiger partial charge in [0, 0.05) is 25.1 Å². The fourth-order valence-corrected chi connectivity index (χ4v) is 3.93. The summed E-state index contributed by atoms with van der Waals surface area (Å²) in [7, 11) is -3.19. The van der Waals surface area contributed by atoms with E-state index in [9.17, 15) is 13.2 Å². The molecule has 2 rings (SSSR count). The molecule has 1 fully saturated rings. The number of hydrogen-bond donors (Lipinski definition) is 1. The minimum absolute atomic E-state index is 0.194. The van der Waals surface area contributed by atoms with Crippen LogP contribution in [0.1, 0.15) is 39.2 Å². The van der Waals surface area contributed by atoms with Gasteiger partial charge in [0.1, 0.15) is 5.60 Å². The summed E-state index contributed by atoms with van der Waals surface area (Å²) in [6.07, 6.45) is 0.663. The molecule has 6 nitrogen and oxygen atoms in total. The van der Waals surface area contributed by atoms with Crippen LogP contribution >= 0.6 is 0 Å². The third-order valence-electron chi connectivity index (χ3n) is 3.38. The van der Waals surface area contributed by atoms with Gasteiger partial charge in [-0.25, -0.2) is 13.2 Å². The second-order valence-corrected chi connectivity index (χ2v) is 8.79. The first-order valence-electron chi connectivity index (χ1n) is 8.24. The number of ether oxygens (including phenoxy) is 1. The van der Waals surface area contributed by atoms with E-state index in [0.29, 0.717) is 31.6 Å². The Balaban J connectivity index is 1.89. The molecular weight excluding hydrogens is 340 g/mol. The average molecular weight is 364 g/mol. The maximum Gasteiger partial charge on any atom is 0.407 e. The summed E-state index contributed by atoms with van der Waals surface area (Å²) in [5.41, 5.74) is 0.875. The van der Waals surface area contributed by atoms with Crippen molar-refractivity contribution < 1.29 is 17.9 Å². The van der Waals surface area contributed by atoms with E-state index >= 15 is 0 Å². The topological polar surface area (TPSA) is 75.7 Å². The maximum atomic E-state index is 12.0. The van der Waals surface area contributed by atoms with Crippen LogP contribution in [0.15, 0.2) is 24.3 Å². The number of hydrogen-bond acceptors (Lipinski definition) is 4. The molecule has 0 atom stereocenters. The van der Waals surface area contributed by atoms with Crippen LogP contribution in [-0.2, 0) is 14.8 Å². The minimum atomic E-state index is -3.19. The molecule has 0 spiro atoms. The standard InChI is InChI=1S/C18H24N2O4S/c1-18(2,3)24-17(21)19-11-5-4-8-15-9-6-10-16(14-15)20-12-7-13-25(20,22)23/h6,9-10,14H,5,7,11-13H2,1-3H3,(H,19,21). The number of rotatable bonds is 3. The number of amides is 1. The highest BCUT2D eigenvalue weighted by molar-refractivity contribution is 7.93. The zero-order valence-corrected chi connectivity index (χ0v) is 15.6. The Hall–Kier alpha value is -2.20. The minimum Gasteiger partial charge on any atom is -0.444 e. The number of anilines is 1. The van der Waals surface area contributed by atoms with Gasteiger partial charge in [0.15, 0.2) is 0 Å². The van der Waals surface area contributed by atoms with Crippen molar-refractivity contribution in [2.45, 2.75) is 39.2 Å². The zero-order chi connectivity index (χ0) is 18.5. The molecule has 0 radical (unpaired) electrons. The second-order valence-electron chi connectivity index (χ2n) is 6.77. The number of carbonyl (C=O) groups is 1. The number of nitrogens with zero attached hydrogens (tertiary/aromatic N) is 1. The van der Waals surface area contributed by atoms with Crippen LogP contribution in [0.3, 0.4) is 0 Å². The molecule has 0 unspecified atom stereocenters. The second kappa shape index (κ2) is 7.79. The van der Waals surface area contributed by atoms with Gasteiger partial charge in [-0.2, -0.15) is 0 Å². The normalized spacial score (nSPS) is 16.0. The average Bonchev–Trinajstić information content (AvgIpc) is 2.85. The van der Waals surface area contributed by atoms with E-state index in [0.717, 1.165) is 5.56 Å². The lowest BCUT2D eigenvalue weighted by atomic mass is 10.2. The molecular formula is C18H24N2O4S. The first kappa shape index (κ1) is 19.1. The Morgan fingerprint density at radius 2 is 2.12 bits per heavy atom. The van der Waals surface area contributed by atoms with Crippen LogP contribution in [0.4, 0.5) is 10.5 Å². The first-order chi connectivity index (χ1) is 11.7. The number of alkyl carbamates (subject to hydrolysis) is 1. The summed E-state index contributed by atoms with van der Waals surface area (Å²) < 4.78 is 30.5. The molecule has 7 heteroatoms. The van der Waals surface area contributed by atoms with E-state index in [1.54, 1.807) is 39.0 Å². The molecule has 1 saturated heterocycles. The Bertz CT molecular complexity index is 785. The summed E-state index contributed by atoms with van der Waals surface area (Å²) in [5, 5.41) is 2.64. The Morgan fingerprint density at radius 1 is 1.36 bits per heavy atom. The van der Waals surface area contributed by atoms with Crippen LogP contribution in [0.2, 0.25) is 0 Å². The third-order valence-corrected chi connectivity index (χ3v) is 5.25. The molecule has 0 aromatic heterocycles. The summed E-state index contributed by atoms with van der Waals surface area (Å²) in [4.78, 5) is 11.5. The number of carbonyl (C=O) groups excluding carboxylic acids is 1. The lowest BCUT2D eigenvalue weighted by Gasteiger charge is -2.19. The maximum absolute atomic E-state index is 12.0. The fraction of sp³-hybridized carbons (Fsp3) is 0.500. The molecule has 1 heterocycles. The summed E-state index contributed by atoms with van der Waals surface area (Å²) in [6, 6.07) is 7.18. The summed E-state index contributed by atoms with van der Waals surface area (Å²) in [6.45, 7) is 6.32. The van der Waals surface area contributed by atoms with Gasteiger partial charge in [-0.1, -0.05) is 17.9 Å². The van der Waals surface area contributed by atoms with Crippen LogP contribution in [0.5, 0.6) is 0 Å². The molecule has 1 amide bonds. The van der Waals surface area contributed by atoms with E-state index in [1.807, 2.05) is 6.07 Å². The Labute approximate surface area is 149 Å². The molecule has 1 aliphatic heterocycles. The quantitative estimate of drug-likeness (QED) is 0.660. The van der Waals surface area contributed by atoms with Gasteiger partial charge in [-0.3, -0.25) is 4.31 Å². The van der Waals surface area contributed by atoms with Gasteiger partial charge >= 0.3 is 6.09 Å². The SMILES string of the molecule is CC(C)(C)OC(=O)NCCC#Cc1cccc(N2CCCS2(=O)=O)c1. The molecule has 1 aromatic carbocycles. The van der Waals surface area contributed by atoms with Crippen molar-refractivity contribution in [1.29, 1.82) is 0 Å². The van der Waals surface area contributed by atoms with Gasteiger partial charge < -0.3 is 10.1 Å². The van der Waals surface area contributed by atoms with E-state index in [-0.39, 0.29) is 5.75 Å². The van der Waals surface area contributed by atoms with Gasteiger partial charge in [0.2, 0.25) is 10.0 Å². The third kappa shape index (κ3) is 5.98. The van der Waals surface area contributed by atoms with Gasteiger partial charge in [0.05, 0.1) is 11.4 Å². The van der Waals surface area contributed by atoms with Crippen LogP contribution in [0, 0.1) is 11.8 Å². The van der Waals surface area contributed by atoms with Crippen LogP contribution in [0.25, 0.3) is 0 Å². The molecule has 25 heavy (non-hydrogen) atoms. The molecule has 0 saturated carbocycles. The lowest BCUT2D eigenvalue weighted by molar-refractivity contribution is 0.0529. The van der Waals surface area contributed by atoms with Crippen molar-refractivity contribution >= 4 is 21.8 Å². The molecule has 1 N–H and O–H groups in total. The number of nitrogens with one attached hydrogen (secondary N) is 1. The largest absolute Gasteiger partial charge is 0.444 e. The highest BCUT2D eigenvalue weighted by Gasteiger charge is 2.28. The van der Waals surface area contributed by atoms with Crippen molar-refractivity contribution in [2.75, 3.05) is 23.1 Å². The van der Waals surface area contributed by atoms with E-state index in [2.05, 4.69) is 17.2 Å². The van der Waals surface area contributed by atoms with Gasteiger partial charge in [0.25, 0.3) is 0 Å². The Kier molecular flexibility index (Phi) is 5.96. The van der Waals surface area contributed by atoms with Crippen molar-refractivity contribution in [3.05, 3.63) is 29.8 Å². The fourth-order valence-electron chi connectivity index (χ4n) is 2.37. The van der Waals surface area contributed by atoms with Crippen LogP contribution < -0.4 is 9.62 Å². The predicted molar refractivity (Wildman–Crippen MR) is 97.9 cm³/mol. The van der Waals surface area contributed by atoms with E-state index in [4.69, 9.17) is 4.74 Å². The summed E-state index contributed by atoms with van der Waals surface area (Å²) in [5.74, 6) is 6.16. The lowest BCUT2D eigenvalue weighted by Crippen LogP contribution is -2.32. The van der Waals surface area contributed by atoms with E-state index < -0.39 is 21.7 Å². The van der Waals surface area contributed by atoms with Gasteiger partial charge in [-0.15, -0.1) is 0 Å². The molecule has 1 aliphatic rings. The van der Waals surface area contributed by atoms with Crippen molar-refractivity contribution in [2.24, 2.45) is 0 Å². The highest BCUT2D eigenvalue weighted by Crippen LogP contribution is 2.24. The number of sulfonamides is 1. The Morgan fingerprint density at radius 3 is 2.76 bits per heavy atom. The van der Waals surface area contributed by atoms with Gasteiger partial charge in [-0.05, 0) is 45.4 Å².